The number of carbonyl (C=O) groups is 1. The lowest BCUT2D eigenvalue weighted by atomic mass is 10.1. The largest absolute Gasteiger partial charge is 1.00 e. The second-order valence-electron chi connectivity index (χ2n) is 9.15. The fourth-order valence-electron chi connectivity index (χ4n) is 3.39. The van der Waals surface area contributed by atoms with Gasteiger partial charge < -0.3 is 12.4 Å². The highest BCUT2D eigenvalue weighted by Crippen LogP contribution is 2.13. The second kappa shape index (κ2) is 21.4. The van der Waals surface area contributed by atoms with Crippen molar-refractivity contribution in [3.63, 3.8) is 0 Å². The van der Waals surface area contributed by atoms with Gasteiger partial charge in [-0.1, -0.05) is 96.1 Å². The normalized spacial score (nSPS) is 11.7. The summed E-state index contributed by atoms with van der Waals surface area (Å²) in [6.45, 7) is 2.28. The maximum atomic E-state index is 11.8. The fourth-order valence-corrected chi connectivity index (χ4v) is 3.39. The van der Waals surface area contributed by atoms with Crippen molar-refractivity contribution in [3.05, 3.63) is 12.2 Å². The fraction of sp³-hybridized carbons (Fsp3) is 0.880. The zero-order valence-electron chi connectivity index (χ0n) is 19.6. The Hall–Kier alpha value is -0.340. The molecule has 0 aromatic heterocycles. The monoisotopic (exact) mass is 415 g/mol. The summed E-state index contributed by atoms with van der Waals surface area (Å²) in [5, 5.41) is 0. The maximum absolute atomic E-state index is 11.8. The molecule has 0 fully saturated rings. The molecule has 0 unspecified atom stereocenters. The Bertz CT molecular complexity index is 360. The lowest BCUT2D eigenvalue weighted by Gasteiger charge is -2.20. The van der Waals surface area contributed by atoms with Crippen LogP contribution in [0.5, 0.6) is 0 Å². The van der Waals surface area contributed by atoms with E-state index < -0.39 is 0 Å². The van der Waals surface area contributed by atoms with Gasteiger partial charge in [0.1, 0.15) is 0 Å². The molecule has 0 aromatic carbocycles. The third-order valence-electron chi connectivity index (χ3n) is 5.40. The Morgan fingerprint density at radius 3 is 1.36 bits per heavy atom. The minimum Gasteiger partial charge on any atom is -1.00 e. The zero-order chi connectivity index (χ0) is 20.2. The summed E-state index contributed by atoms with van der Waals surface area (Å²) in [5.74, 6) is 0.357. The first-order chi connectivity index (χ1) is 13.0. The Balaban J connectivity index is 0. The molecule has 168 valence electrons. The van der Waals surface area contributed by atoms with Crippen LogP contribution in [0.3, 0.4) is 0 Å². The molecular weight excluding hydrogens is 366 g/mol. The molecule has 0 aromatic rings. The summed E-state index contributed by atoms with van der Waals surface area (Å²) in [7, 11) is 5.90. The van der Waals surface area contributed by atoms with Crippen LogP contribution in [0.2, 0.25) is 0 Å². The highest BCUT2D eigenvalue weighted by molar-refractivity contribution is 5.68. The van der Waals surface area contributed by atoms with E-state index in [9.17, 15) is 4.79 Å². The van der Waals surface area contributed by atoms with Gasteiger partial charge in [-0.2, -0.15) is 0 Å². The number of quaternary nitrogens is 1. The average Bonchev–Trinajstić information content (AvgIpc) is 2.62. The lowest BCUT2D eigenvalue weighted by Crippen LogP contribution is -3.00. The molecule has 0 atom stereocenters. The summed E-state index contributed by atoms with van der Waals surface area (Å²) in [4.78, 5) is 11.8. The van der Waals surface area contributed by atoms with Crippen LogP contribution >= 0.6 is 0 Å². The van der Waals surface area contributed by atoms with Crippen molar-refractivity contribution in [2.45, 2.75) is 122 Å². The number of nitrogens with zero attached hydrogens (tertiary/aromatic N) is 1. The number of amides is 1. The van der Waals surface area contributed by atoms with Gasteiger partial charge in [0.05, 0.1) is 27.6 Å². The van der Waals surface area contributed by atoms with Gasteiger partial charge in [-0.15, -0.1) is 0 Å². The van der Waals surface area contributed by atoms with E-state index in [1.165, 1.54) is 103 Å². The van der Waals surface area contributed by atoms with E-state index in [0.29, 0.717) is 10.4 Å². The molecule has 0 saturated heterocycles. The summed E-state index contributed by atoms with van der Waals surface area (Å²) in [6.07, 6.45) is 28.4. The molecule has 1 amide bonds. The van der Waals surface area contributed by atoms with Gasteiger partial charge in [0.15, 0.2) is 0 Å². The van der Waals surface area contributed by atoms with E-state index in [1.54, 1.807) is 0 Å². The highest BCUT2D eigenvalue weighted by atomic mass is 35.5. The van der Waals surface area contributed by atoms with Crippen LogP contribution < -0.4 is 12.4 Å². The van der Waals surface area contributed by atoms with Crippen molar-refractivity contribution in [2.75, 3.05) is 21.1 Å². The number of hydrogen-bond acceptors (Lipinski definition) is 1. The first-order valence-electron chi connectivity index (χ1n) is 12.0. The quantitative estimate of drug-likeness (QED) is 0.168. The second-order valence-corrected chi connectivity index (χ2v) is 9.15. The molecule has 0 radical (unpaired) electrons. The van der Waals surface area contributed by atoms with Gasteiger partial charge in [0.25, 0.3) is 0 Å². The number of halogens is 1. The maximum Gasteiger partial charge on any atom is 0.313 e. The van der Waals surface area contributed by atoms with Crippen LogP contribution in [0.15, 0.2) is 12.2 Å². The van der Waals surface area contributed by atoms with E-state index in [4.69, 9.17) is 0 Å². The Labute approximate surface area is 183 Å². The first kappa shape index (κ1) is 29.9. The van der Waals surface area contributed by atoms with Gasteiger partial charge in [-0.25, -0.2) is 4.79 Å². The molecule has 0 bridgehead atoms. The van der Waals surface area contributed by atoms with Crippen LogP contribution in [0.25, 0.3) is 0 Å². The minimum atomic E-state index is 0. The summed E-state index contributed by atoms with van der Waals surface area (Å²) in [5.41, 5.74) is 0. The Kier molecular flexibility index (Phi) is 22.8. The van der Waals surface area contributed by atoms with Crippen molar-refractivity contribution in [2.24, 2.45) is 0 Å². The Morgan fingerprint density at radius 1 is 0.607 bits per heavy atom. The molecule has 28 heavy (non-hydrogen) atoms. The van der Waals surface area contributed by atoms with Crippen LogP contribution in [0.1, 0.15) is 122 Å². The molecule has 3 heteroatoms. The van der Waals surface area contributed by atoms with Crippen molar-refractivity contribution in [3.8, 4) is 0 Å². The number of rotatable bonds is 19. The van der Waals surface area contributed by atoms with E-state index in [-0.39, 0.29) is 12.4 Å². The topological polar surface area (TPSA) is 17.1 Å². The Morgan fingerprint density at radius 2 is 0.964 bits per heavy atom. The number of unbranched alkanes of at least 4 members (excludes halogenated alkanes) is 15. The zero-order valence-corrected chi connectivity index (χ0v) is 20.4. The van der Waals surface area contributed by atoms with E-state index in [0.717, 1.165) is 12.8 Å². The number of carbonyl (C=O) groups excluding carboxylic acids is 1. The summed E-state index contributed by atoms with van der Waals surface area (Å²) in [6, 6.07) is 0. The van der Waals surface area contributed by atoms with Crippen molar-refractivity contribution in [1.29, 1.82) is 0 Å². The average molecular weight is 416 g/mol. The van der Waals surface area contributed by atoms with E-state index in [2.05, 4.69) is 19.1 Å². The first-order valence-corrected chi connectivity index (χ1v) is 12.0. The predicted octanol–water partition coefficient (Wildman–Crippen LogP) is 4.82. The lowest BCUT2D eigenvalue weighted by molar-refractivity contribution is -0.792. The molecule has 0 heterocycles. The van der Waals surface area contributed by atoms with Gasteiger partial charge in [0, 0.05) is 0 Å². The summed E-state index contributed by atoms with van der Waals surface area (Å²) < 4.78 is 0.467. The van der Waals surface area contributed by atoms with Crippen molar-refractivity contribution >= 4 is 5.91 Å². The summed E-state index contributed by atoms with van der Waals surface area (Å²) >= 11 is 0. The SMILES string of the molecule is CCCCCCCC/C=C\CCCCCCCCCCCC(=O)[N+](C)(C)C.[Cl-]. The molecular formula is C25H50ClNO. The molecule has 0 rings (SSSR count). The van der Waals surface area contributed by atoms with Gasteiger partial charge >= 0.3 is 5.91 Å². The van der Waals surface area contributed by atoms with Gasteiger partial charge in [0.2, 0.25) is 0 Å². The van der Waals surface area contributed by atoms with Crippen LogP contribution in [-0.4, -0.2) is 31.5 Å². The number of hydrogen-bond donors (Lipinski definition) is 0. The van der Waals surface area contributed by atoms with E-state index in [1.807, 2.05) is 21.1 Å². The van der Waals surface area contributed by atoms with Crippen molar-refractivity contribution in [1.82, 2.24) is 0 Å². The van der Waals surface area contributed by atoms with Crippen LogP contribution in [-0.2, 0) is 4.79 Å². The third kappa shape index (κ3) is 22.0. The molecule has 0 aliphatic rings. The van der Waals surface area contributed by atoms with Crippen molar-refractivity contribution < 1.29 is 21.7 Å². The third-order valence-corrected chi connectivity index (χ3v) is 5.40. The molecule has 0 N–H and O–H groups in total. The van der Waals surface area contributed by atoms with Crippen LogP contribution in [0, 0.1) is 0 Å². The van der Waals surface area contributed by atoms with Gasteiger partial charge in [-0.3, -0.25) is 4.48 Å². The van der Waals surface area contributed by atoms with E-state index >= 15 is 0 Å². The molecule has 0 aliphatic heterocycles. The van der Waals surface area contributed by atoms with Crippen LogP contribution in [0.4, 0.5) is 0 Å². The smallest absolute Gasteiger partial charge is 0.313 e. The number of allylic oxidation sites excluding steroid dienone is 2. The minimum absolute atomic E-state index is 0. The molecule has 0 aliphatic carbocycles. The highest BCUT2D eigenvalue weighted by Gasteiger charge is 2.18. The van der Waals surface area contributed by atoms with Gasteiger partial charge in [-0.05, 0) is 32.1 Å². The standard InChI is InChI=1S/C25H50NO.ClH/c1-5-6-7-8-9-10-11-12-13-14-15-16-17-18-19-20-21-22-23-24-25(27)26(2,3)4;/h12-13H,5-11,14-24H2,1-4H3;1H/q+1;/p-1/b13-12-;. The molecule has 0 saturated carbocycles. The predicted molar refractivity (Wildman–Crippen MR) is 121 cm³/mol. The molecule has 0 spiro atoms. The molecule has 2 nitrogen and oxygen atoms in total.